The monoisotopic (exact) mass is 232 g/mol. The molecule has 0 atom stereocenters. The van der Waals surface area contributed by atoms with Gasteiger partial charge in [0.15, 0.2) is 5.78 Å². The standard InChI is InChI=1S/C14H20N2O/c1-14(2,3)13(17)12(10-16(4)5)11-6-8-15-9-7-11/h6-10H,1-5H3. The van der Waals surface area contributed by atoms with E-state index in [4.69, 9.17) is 0 Å². The fourth-order valence-electron chi connectivity index (χ4n) is 1.46. The first-order valence-corrected chi connectivity index (χ1v) is 5.66. The molecule has 1 aromatic heterocycles. The minimum Gasteiger partial charge on any atom is -0.383 e. The quantitative estimate of drug-likeness (QED) is 0.751. The van der Waals surface area contributed by atoms with Crippen LogP contribution >= 0.6 is 0 Å². The molecular formula is C14H20N2O. The fraction of sp³-hybridized carbons (Fsp3) is 0.429. The van der Waals surface area contributed by atoms with Crippen molar-refractivity contribution in [3.05, 3.63) is 36.3 Å². The summed E-state index contributed by atoms with van der Waals surface area (Å²) >= 11 is 0. The Morgan fingerprint density at radius 1 is 1.24 bits per heavy atom. The van der Waals surface area contributed by atoms with E-state index in [1.54, 1.807) is 12.4 Å². The second kappa shape index (κ2) is 5.13. The molecule has 0 unspecified atom stereocenters. The Kier molecular flexibility index (Phi) is 4.05. The first-order valence-electron chi connectivity index (χ1n) is 5.66. The fourth-order valence-corrected chi connectivity index (χ4v) is 1.46. The largest absolute Gasteiger partial charge is 0.383 e. The number of carbonyl (C=O) groups excluding carboxylic acids is 1. The van der Waals surface area contributed by atoms with Gasteiger partial charge in [0.25, 0.3) is 0 Å². The summed E-state index contributed by atoms with van der Waals surface area (Å²) in [5.41, 5.74) is 1.25. The van der Waals surface area contributed by atoms with Gasteiger partial charge in [-0.25, -0.2) is 0 Å². The van der Waals surface area contributed by atoms with Gasteiger partial charge in [-0.2, -0.15) is 0 Å². The molecule has 0 bridgehead atoms. The highest BCUT2D eigenvalue weighted by molar-refractivity contribution is 6.22. The molecule has 0 radical (unpaired) electrons. The second-order valence-corrected chi connectivity index (χ2v) is 5.32. The Morgan fingerprint density at radius 3 is 2.18 bits per heavy atom. The van der Waals surface area contributed by atoms with Gasteiger partial charge < -0.3 is 4.90 Å². The molecule has 1 heterocycles. The SMILES string of the molecule is CN(C)C=C(C(=O)C(C)(C)C)c1ccncc1. The lowest BCUT2D eigenvalue weighted by Crippen LogP contribution is -2.22. The highest BCUT2D eigenvalue weighted by atomic mass is 16.1. The molecule has 0 fully saturated rings. The Hall–Kier alpha value is -1.64. The summed E-state index contributed by atoms with van der Waals surface area (Å²) in [5, 5.41) is 0. The Balaban J connectivity index is 3.20. The molecule has 0 N–H and O–H groups in total. The van der Waals surface area contributed by atoms with Gasteiger partial charge in [0.2, 0.25) is 0 Å². The maximum atomic E-state index is 12.4. The maximum absolute atomic E-state index is 12.4. The lowest BCUT2D eigenvalue weighted by molar-refractivity contribution is -0.120. The molecular weight excluding hydrogens is 212 g/mol. The minimum atomic E-state index is -0.384. The van der Waals surface area contributed by atoms with Crippen molar-refractivity contribution < 1.29 is 4.79 Å². The predicted octanol–water partition coefficient (Wildman–Crippen LogP) is 2.60. The average Bonchev–Trinajstić information content (AvgIpc) is 2.24. The van der Waals surface area contributed by atoms with Crippen LogP contribution in [-0.2, 0) is 4.79 Å². The van der Waals surface area contributed by atoms with E-state index >= 15 is 0 Å². The number of rotatable bonds is 3. The predicted molar refractivity (Wildman–Crippen MR) is 70.4 cm³/mol. The van der Waals surface area contributed by atoms with E-state index in [0.717, 1.165) is 11.1 Å². The minimum absolute atomic E-state index is 0.136. The van der Waals surface area contributed by atoms with Crippen molar-refractivity contribution in [1.29, 1.82) is 0 Å². The third-order valence-corrected chi connectivity index (χ3v) is 2.30. The van der Waals surface area contributed by atoms with Gasteiger partial charge in [0.05, 0.1) is 0 Å². The number of hydrogen-bond donors (Lipinski definition) is 0. The highest BCUT2D eigenvalue weighted by Gasteiger charge is 2.25. The van der Waals surface area contributed by atoms with Crippen LogP contribution in [0.2, 0.25) is 0 Å². The zero-order valence-corrected chi connectivity index (χ0v) is 11.2. The van der Waals surface area contributed by atoms with Crippen molar-refractivity contribution >= 4 is 11.4 Å². The third-order valence-electron chi connectivity index (χ3n) is 2.30. The van der Waals surface area contributed by atoms with Gasteiger partial charge in [-0.15, -0.1) is 0 Å². The lowest BCUT2D eigenvalue weighted by atomic mass is 9.84. The number of allylic oxidation sites excluding steroid dienone is 1. The van der Waals surface area contributed by atoms with Gasteiger partial charge in [0, 0.05) is 43.7 Å². The van der Waals surface area contributed by atoms with Crippen molar-refractivity contribution in [1.82, 2.24) is 9.88 Å². The summed E-state index contributed by atoms with van der Waals surface area (Å²) in [7, 11) is 3.83. The zero-order valence-electron chi connectivity index (χ0n) is 11.2. The first kappa shape index (κ1) is 13.4. The van der Waals surface area contributed by atoms with Gasteiger partial charge in [-0.1, -0.05) is 20.8 Å². The van der Waals surface area contributed by atoms with Crippen LogP contribution in [0.4, 0.5) is 0 Å². The average molecular weight is 232 g/mol. The third kappa shape index (κ3) is 3.70. The zero-order chi connectivity index (χ0) is 13.1. The summed E-state index contributed by atoms with van der Waals surface area (Å²) in [6.07, 6.45) is 5.27. The topological polar surface area (TPSA) is 33.2 Å². The molecule has 3 heteroatoms. The van der Waals surface area contributed by atoms with Crippen molar-refractivity contribution in [3.8, 4) is 0 Å². The van der Waals surface area contributed by atoms with E-state index in [2.05, 4.69) is 4.98 Å². The molecule has 0 saturated carbocycles. The first-order chi connectivity index (χ1) is 7.82. The molecule has 1 rings (SSSR count). The van der Waals surface area contributed by atoms with Crippen molar-refractivity contribution in [2.75, 3.05) is 14.1 Å². The molecule has 1 aromatic rings. The number of pyridine rings is 1. The molecule has 0 saturated heterocycles. The van der Waals surface area contributed by atoms with Crippen LogP contribution in [0.1, 0.15) is 26.3 Å². The number of nitrogens with zero attached hydrogens (tertiary/aromatic N) is 2. The number of ketones is 1. The van der Waals surface area contributed by atoms with E-state index in [9.17, 15) is 4.79 Å². The van der Waals surface area contributed by atoms with Gasteiger partial charge >= 0.3 is 0 Å². The molecule has 92 valence electrons. The summed E-state index contributed by atoms with van der Waals surface area (Å²) in [5.74, 6) is 0.136. The van der Waals surface area contributed by atoms with Crippen LogP contribution in [-0.4, -0.2) is 29.8 Å². The molecule has 0 amide bonds. The van der Waals surface area contributed by atoms with E-state index in [1.807, 2.05) is 58.1 Å². The van der Waals surface area contributed by atoms with Crippen LogP contribution < -0.4 is 0 Å². The van der Waals surface area contributed by atoms with Crippen LogP contribution in [0, 0.1) is 5.41 Å². The molecule has 0 spiro atoms. The molecule has 0 aliphatic carbocycles. The maximum Gasteiger partial charge on any atom is 0.170 e. The molecule has 17 heavy (non-hydrogen) atoms. The number of aromatic nitrogens is 1. The normalized spacial score (nSPS) is 12.4. The van der Waals surface area contributed by atoms with E-state index in [-0.39, 0.29) is 11.2 Å². The summed E-state index contributed by atoms with van der Waals surface area (Å²) in [6.45, 7) is 5.79. The molecule has 0 aliphatic rings. The van der Waals surface area contributed by atoms with Crippen LogP contribution in [0.25, 0.3) is 5.57 Å². The van der Waals surface area contributed by atoms with Gasteiger partial charge in [-0.3, -0.25) is 9.78 Å². The number of carbonyl (C=O) groups is 1. The Morgan fingerprint density at radius 2 is 1.76 bits per heavy atom. The van der Waals surface area contributed by atoms with Crippen molar-refractivity contribution in [2.45, 2.75) is 20.8 Å². The van der Waals surface area contributed by atoms with Gasteiger partial charge in [-0.05, 0) is 17.7 Å². The Labute approximate surface area is 103 Å². The van der Waals surface area contributed by atoms with Crippen LogP contribution in [0.5, 0.6) is 0 Å². The van der Waals surface area contributed by atoms with Crippen LogP contribution in [0.3, 0.4) is 0 Å². The Bertz CT molecular complexity index is 414. The number of hydrogen-bond acceptors (Lipinski definition) is 3. The molecule has 3 nitrogen and oxygen atoms in total. The molecule has 0 aromatic carbocycles. The van der Waals surface area contributed by atoms with Crippen molar-refractivity contribution in [3.63, 3.8) is 0 Å². The van der Waals surface area contributed by atoms with Crippen molar-refractivity contribution in [2.24, 2.45) is 5.41 Å². The highest BCUT2D eigenvalue weighted by Crippen LogP contribution is 2.26. The van der Waals surface area contributed by atoms with E-state index in [1.165, 1.54) is 0 Å². The molecule has 0 aliphatic heterocycles. The lowest BCUT2D eigenvalue weighted by Gasteiger charge is -2.20. The van der Waals surface area contributed by atoms with Gasteiger partial charge in [0.1, 0.15) is 0 Å². The second-order valence-electron chi connectivity index (χ2n) is 5.32. The summed E-state index contributed by atoms with van der Waals surface area (Å²) < 4.78 is 0. The van der Waals surface area contributed by atoms with Crippen LogP contribution in [0.15, 0.2) is 30.7 Å². The summed E-state index contributed by atoms with van der Waals surface area (Å²) in [6, 6.07) is 3.72. The van der Waals surface area contributed by atoms with E-state index in [0.29, 0.717) is 0 Å². The number of Topliss-reactive ketones (excluding diaryl/α,β-unsaturated/α-hetero) is 1. The van der Waals surface area contributed by atoms with E-state index < -0.39 is 0 Å². The smallest absolute Gasteiger partial charge is 0.170 e. The summed E-state index contributed by atoms with van der Waals surface area (Å²) in [4.78, 5) is 18.2.